The van der Waals surface area contributed by atoms with E-state index in [4.69, 9.17) is 21.4 Å². The topological polar surface area (TPSA) is 102 Å². The van der Waals surface area contributed by atoms with Crippen LogP contribution in [0.3, 0.4) is 0 Å². The molecule has 2 amide bonds. The first-order chi connectivity index (χ1) is 15.5. The van der Waals surface area contributed by atoms with Gasteiger partial charge in [-0.15, -0.1) is 0 Å². The normalized spacial score (nSPS) is 19.5. The smallest absolute Gasteiger partial charge is 0.283 e. The lowest BCUT2D eigenvalue weighted by atomic mass is 10.1. The summed E-state index contributed by atoms with van der Waals surface area (Å²) in [5.41, 5.74) is 0.916. The van der Waals surface area contributed by atoms with Crippen molar-refractivity contribution < 1.29 is 14.0 Å². The third-order valence-corrected chi connectivity index (χ3v) is 6.46. The average molecular weight is 468 g/mol. The lowest BCUT2D eigenvalue weighted by molar-refractivity contribution is -0.128. The standard InChI is InChI=1S/C22H18ClN5O3S/c23-14-5-3-13(4-6-14)17-8-7-15(31-17)11-16-20(24)28-22(25-21(16)30)32-18(26-28)12-19(29)27-9-1-2-10-27/h3-8,11,24H,1-2,9-10,12H2/b16-11-,24-20?. The Hall–Kier alpha value is -3.17. The minimum atomic E-state index is -0.541. The summed E-state index contributed by atoms with van der Waals surface area (Å²) in [6.07, 6.45) is 3.66. The molecule has 3 aliphatic heterocycles. The molecular formula is C22H18ClN5O3S. The molecule has 4 heterocycles. The van der Waals surface area contributed by atoms with Crippen molar-refractivity contribution >= 4 is 57.3 Å². The fourth-order valence-corrected chi connectivity index (χ4v) is 4.65. The van der Waals surface area contributed by atoms with E-state index in [1.807, 2.05) is 17.0 Å². The number of carbonyl (C=O) groups excluding carboxylic acids is 2. The quantitative estimate of drug-likeness (QED) is 0.678. The van der Waals surface area contributed by atoms with E-state index < -0.39 is 5.91 Å². The predicted octanol–water partition coefficient (Wildman–Crippen LogP) is 4.23. The zero-order chi connectivity index (χ0) is 22.2. The van der Waals surface area contributed by atoms with Gasteiger partial charge in [0, 0.05) is 23.7 Å². The Morgan fingerprint density at radius 2 is 1.94 bits per heavy atom. The molecule has 32 heavy (non-hydrogen) atoms. The van der Waals surface area contributed by atoms with Crippen LogP contribution >= 0.6 is 23.4 Å². The molecule has 1 N–H and O–H groups in total. The van der Waals surface area contributed by atoms with Crippen LogP contribution in [-0.4, -0.2) is 50.9 Å². The summed E-state index contributed by atoms with van der Waals surface area (Å²) >= 11 is 7.08. The molecule has 10 heteroatoms. The molecule has 1 aromatic carbocycles. The lowest BCUT2D eigenvalue weighted by Crippen LogP contribution is -2.35. The number of nitrogens with one attached hydrogen (secondary N) is 1. The van der Waals surface area contributed by atoms with Crippen LogP contribution in [0.15, 0.2) is 56.5 Å². The number of amidine groups is 2. The summed E-state index contributed by atoms with van der Waals surface area (Å²) in [6.45, 7) is 1.54. The first-order valence-corrected chi connectivity index (χ1v) is 11.3. The molecule has 0 bridgehead atoms. The van der Waals surface area contributed by atoms with Crippen molar-refractivity contribution in [3.63, 3.8) is 0 Å². The van der Waals surface area contributed by atoms with Gasteiger partial charge >= 0.3 is 0 Å². The predicted molar refractivity (Wildman–Crippen MR) is 125 cm³/mol. The van der Waals surface area contributed by atoms with E-state index >= 15 is 0 Å². The monoisotopic (exact) mass is 467 g/mol. The number of likely N-dealkylation sites (tertiary alicyclic amines) is 1. The van der Waals surface area contributed by atoms with E-state index in [1.54, 1.807) is 24.3 Å². The van der Waals surface area contributed by atoms with Crippen LogP contribution in [0.1, 0.15) is 25.0 Å². The average Bonchev–Trinajstić information content (AvgIpc) is 3.53. The molecule has 0 aliphatic carbocycles. The zero-order valence-electron chi connectivity index (χ0n) is 16.9. The molecule has 1 saturated heterocycles. The maximum atomic E-state index is 12.6. The zero-order valence-corrected chi connectivity index (χ0v) is 18.4. The van der Waals surface area contributed by atoms with Crippen LogP contribution in [0.2, 0.25) is 5.02 Å². The summed E-state index contributed by atoms with van der Waals surface area (Å²) in [5, 5.41) is 15.6. The number of hydrazone groups is 1. The van der Waals surface area contributed by atoms with Crippen molar-refractivity contribution in [3.8, 4) is 11.3 Å². The van der Waals surface area contributed by atoms with Crippen LogP contribution in [0, 0.1) is 5.41 Å². The molecule has 3 aliphatic rings. The van der Waals surface area contributed by atoms with Crippen LogP contribution in [0.4, 0.5) is 0 Å². The first kappa shape index (κ1) is 20.7. The van der Waals surface area contributed by atoms with Gasteiger partial charge in [-0.05, 0) is 67.1 Å². The van der Waals surface area contributed by atoms with Crippen molar-refractivity contribution in [2.75, 3.05) is 13.1 Å². The number of hydrogen-bond donors (Lipinski definition) is 1. The number of aliphatic imine (C=N–C) groups is 1. The van der Waals surface area contributed by atoms with Gasteiger partial charge in [-0.1, -0.05) is 11.6 Å². The summed E-state index contributed by atoms with van der Waals surface area (Å²) in [7, 11) is 0. The van der Waals surface area contributed by atoms with Crippen LogP contribution in [-0.2, 0) is 9.59 Å². The van der Waals surface area contributed by atoms with Gasteiger partial charge in [0.2, 0.25) is 11.1 Å². The van der Waals surface area contributed by atoms with Crippen molar-refractivity contribution in [1.82, 2.24) is 9.91 Å². The summed E-state index contributed by atoms with van der Waals surface area (Å²) < 4.78 is 5.82. The van der Waals surface area contributed by atoms with E-state index in [9.17, 15) is 9.59 Å². The number of carbonyl (C=O) groups is 2. The number of furan rings is 1. The van der Waals surface area contributed by atoms with Gasteiger partial charge in [0.1, 0.15) is 16.6 Å². The second-order valence-corrected chi connectivity index (χ2v) is 8.96. The maximum absolute atomic E-state index is 12.6. The van der Waals surface area contributed by atoms with Gasteiger partial charge in [-0.2, -0.15) is 15.1 Å². The number of halogens is 1. The number of nitrogens with zero attached hydrogens (tertiary/aromatic N) is 4. The summed E-state index contributed by atoms with van der Waals surface area (Å²) in [5.74, 6) is 0.404. The Kier molecular flexibility index (Phi) is 5.44. The van der Waals surface area contributed by atoms with Crippen molar-refractivity contribution in [2.45, 2.75) is 19.3 Å². The summed E-state index contributed by atoms with van der Waals surface area (Å²) in [6, 6.07) is 10.7. The lowest BCUT2D eigenvalue weighted by Gasteiger charge is -2.19. The van der Waals surface area contributed by atoms with Crippen LogP contribution < -0.4 is 0 Å². The molecule has 1 fully saturated rings. The van der Waals surface area contributed by atoms with Gasteiger partial charge in [0.25, 0.3) is 5.91 Å². The Balaban J connectivity index is 1.35. The highest BCUT2D eigenvalue weighted by Gasteiger charge is 2.36. The van der Waals surface area contributed by atoms with E-state index in [2.05, 4.69) is 10.1 Å². The van der Waals surface area contributed by atoms with Gasteiger partial charge in [0.15, 0.2) is 5.84 Å². The molecule has 0 atom stereocenters. The van der Waals surface area contributed by atoms with Crippen molar-refractivity contribution in [2.24, 2.45) is 10.1 Å². The third kappa shape index (κ3) is 4.01. The highest BCUT2D eigenvalue weighted by Crippen LogP contribution is 2.31. The molecule has 0 radical (unpaired) electrons. The van der Waals surface area contributed by atoms with E-state index in [1.165, 1.54) is 11.1 Å². The molecule has 1 aromatic heterocycles. The number of hydrogen-bond acceptors (Lipinski definition) is 6. The summed E-state index contributed by atoms with van der Waals surface area (Å²) in [4.78, 5) is 30.9. The molecule has 2 aromatic rings. The largest absolute Gasteiger partial charge is 0.457 e. The van der Waals surface area contributed by atoms with Crippen LogP contribution in [0.25, 0.3) is 17.4 Å². The van der Waals surface area contributed by atoms with Crippen molar-refractivity contribution in [3.05, 3.63) is 52.8 Å². The van der Waals surface area contributed by atoms with E-state index in [-0.39, 0.29) is 23.7 Å². The second kappa shape index (κ2) is 8.40. The SMILES string of the molecule is N=C1/C(=C/c2ccc(-c3ccc(Cl)cc3)o2)C(=O)N=C2SC(CC(=O)N3CCCC3)=NN12. The van der Waals surface area contributed by atoms with Gasteiger partial charge in [-0.3, -0.25) is 15.0 Å². The minimum Gasteiger partial charge on any atom is -0.457 e. The number of rotatable bonds is 4. The second-order valence-electron chi connectivity index (χ2n) is 7.49. The highest BCUT2D eigenvalue weighted by atomic mass is 35.5. The Labute approximate surface area is 193 Å². The molecule has 0 spiro atoms. The molecule has 162 valence electrons. The molecule has 0 saturated carbocycles. The van der Waals surface area contributed by atoms with Crippen LogP contribution in [0.5, 0.6) is 0 Å². The fraction of sp³-hybridized carbons (Fsp3) is 0.227. The maximum Gasteiger partial charge on any atom is 0.283 e. The molecule has 5 rings (SSSR count). The number of benzene rings is 1. The van der Waals surface area contributed by atoms with Gasteiger partial charge in [-0.25, -0.2) is 0 Å². The van der Waals surface area contributed by atoms with E-state index in [0.717, 1.165) is 43.3 Å². The molecular weight excluding hydrogens is 450 g/mol. The Morgan fingerprint density at radius 1 is 1.19 bits per heavy atom. The minimum absolute atomic E-state index is 0.00753. The fourth-order valence-electron chi connectivity index (χ4n) is 3.65. The van der Waals surface area contributed by atoms with Gasteiger partial charge in [0.05, 0.1) is 12.0 Å². The molecule has 0 unspecified atom stereocenters. The third-order valence-electron chi connectivity index (χ3n) is 5.30. The van der Waals surface area contributed by atoms with E-state index in [0.29, 0.717) is 26.8 Å². The van der Waals surface area contributed by atoms with Gasteiger partial charge < -0.3 is 9.32 Å². The Morgan fingerprint density at radius 3 is 2.69 bits per heavy atom. The first-order valence-electron chi connectivity index (χ1n) is 10.1. The number of fused-ring (bicyclic) bond motifs is 1. The number of amides is 2. The molecule has 8 nitrogen and oxygen atoms in total. The number of thioether (sulfide) groups is 1. The Bertz CT molecular complexity index is 1210. The highest BCUT2D eigenvalue weighted by molar-refractivity contribution is 8.27. The van der Waals surface area contributed by atoms with Crippen molar-refractivity contribution in [1.29, 1.82) is 5.41 Å².